The molecule has 0 bridgehead atoms. The molecule has 1 amide bonds. The highest BCUT2D eigenvalue weighted by atomic mass is 16.5. The Labute approximate surface area is 136 Å². The normalized spacial score (nSPS) is 12.7. The van der Waals surface area contributed by atoms with E-state index in [-0.39, 0.29) is 19.2 Å². The third-order valence-electron chi connectivity index (χ3n) is 3.70. The number of aliphatic hydroxyl groups is 1. The Kier molecular flexibility index (Phi) is 5.96. The summed E-state index contributed by atoms with van der Waals surface area (Å²) in [5.74, 6) is 0.315. The van der Waals surface area contributed by atoms with E-state index in [1.54, 1.807) is 0 Å². The fourth-order valence-electron chi connectivity index (χ4n) is 2.43. The Bertz CT molecular complexity index is 658. The number of hydrogen-bond donors (Lipinski definition) is 2. The van der Waals surface area contributed by atoms with E-state index >= 15 is 0 Å². The molecule has 23 heavy (non-hydrogen) atoms. The van der Waals surface area contributed by atoms with Crippen LogP contribution in [0.2, 0.25) is 0 Å². The third kappa shape index (κ3) is 5.23. The first kappa shape index (κ1) is 17.2. The zero-order valence-corrected chi connectivity index (χ0v) is 13.6. The average molecular weight is 316 g/mol. The standard InChI is InChI=1S/C18H24N2O3/c1-13(2)20(11-18(19)22)10-16(21)12-23-17-8-7-14-5-3-4-6-15(14)9-17/h3-9,13,16,21H,10-12H2,1-2H3,(H2,19,22). The molecule has 0 spiro atoms. The molecule has 0 aliphatic heterocycles. The second kappa shape index (κ2) is 7.94. The maximum absolute atomic E-state index is 11.1. The SMILES string of the molecule is CC(C)N(CC(N)=O)CC(O)COc1ccc2ccccc2c1. The predicted octanol–water partition coefficient (Wildman–Crippen LogP) is 1.78. The van der Waals surface area contributed by atoms with Crippen LogP contribution in [0.3, 0.4) is 0 Å². The summed E-state index contributed by atoms with van der Waals surface area (Å²) in [6, 6.07) is 14.0. The van der Waals surface area contributed by atoms with Crippen molar-refractivity contribution in [3.63, 3.8) is 0 Å². The van der Waals surface area contributed by atoms with E-state index in [0.717, 1.165) is 10.8 Å². The van der Waals surface area contributed by atoms with Gasteiger partial charge in [0.25, 0.3) is 0 Å². The van der Waals surface area contributed by atoms with E-state index < -0.39 is 12.0 Å². The first-order chi connectivity index (χ1) is 11.0. The quantitative estimate of drug-likeness (QED) is 0.778. The van der Waals surface area contributed by atoms with Crippen LogP contribution in [0.25, 0.3) is 10.8 Å². The molecule has 0 aromatic heterocycles. The number of nitrogens with two attached hydrogens (primary N) is 1. The van der Waals surface area contributed by atoms with Gasteiger partial charge in [-0.1, -0.05) is 30.3 Å². The Morgan fingerprint density at radius 2 is 1.91 bits per heavy atom. The second-order valence-electron chi connectivity index (χ2n) is 5.96. The first-order valence-electron chi connectivity index (χ1n) is 7.77. The number of carbonyl (C=O) groups excluding carboxylic acids is 1. The molecule has 2 aromatic carbocycles. The molecule has 0 radical (unpaired) electrons. The minimum absolute atomic E-state index is 0.123. The van der Waals surface area contributed by atoms with E-state index in [1.165, 1.54) is 0 Å². The van der Waals surface area contributed by atoms with Gasteiger partial charge in [0.15, 0.2) is 0 Å². The van der Waals surface area contributed by atoms with E-state index in [0.29, 0.717) is 12.3 Å². The van der Waals surface area contributed by atoms with Crippen LogP contribution in [0.4, 0.5) is 0 Å². The molecular weight excluding hydrogens is 292 g/mol. The van der Waals surface area contributed by atoms with Crippen molar-refractivity contribution < 1.29 is 14.6 Å². The molecular formula is C18H24N2O3. The van der Waals surface area contributed by atoms with Crippen molar-refractivity contribution in [2.45, 2.75) is 26.0 Å². The second-order valence-corrected chi connectivity index (χ2v) is 5.96. The van der Waals surface area contributed by atoms with Gasteiger partial charge in [0.1, 0.15) is 18.5 Å². The highest BCUT2D eigenvalue weighted by Crippen LogP contribution is 2.20. The van der Waals surface area contributed by atoms with E-state index in [2.05, 4.69) is 0 Å². The maximum Gasteiger partial charge on any atom is 0.231 e. The number of benzene rings is 2. The molecule has 2 rings (SSSR count). The van der Waals surface area contributed by atoms with Crippen LogP contribution in [-0.4, -0.2) is 47.8 Å². The number of primary amides is 1. The lowest BCUT2D eigenvalue weighted by Gasteiger charge is -2.27. The lowest BCUT2D eigenvalue weighted by Crippen LogP contribution is -2.44. The molecule has 0 heterocycles. The largest absolute Gasteiger partial charge is 0.491 e. The number of rotatable bonds is 8. The predicted molar refractivity (Wildman–Crippen MR) is 91.4 cm³/mol. The molecule has 0 fully saturated rings. The summed E-state index contributed by atoms with van der Waals surface area (Å²) in [7, 11) is 0. The van der Waals surface area contributed by atoms with Crippen molar-refractivity contribution in [1.82, 2.24) is 4.90 Å². The van der Waals surface area contributed by atoms with Crippen LogP contribution in [0, 0.1) is 0 Å². The number of fused-ring (bicyclic) bond motifs is 1. The highest BCUT2D eigenvalue weighted by molar-refractivity contribution is 5.83. The summed E-state index contributed by atoms with van der Waals surface area (Å²) in [6.07, 6.45) is -0.691. The van der Waals surface area contributed by atoms with E-state index in [1.807, 2.05) is 61.2 Å². The van der Waals surface area contributed by atoms with Crippen LogP contribution >= 0.6 is 0 Å². The summed E-state index contributed by atoms with van der Waals surface area (Å²) in [4.78, 5) is 12.9. The smallest absolute Gasteiger partial charge is 0.231 e. The molecule has 5 heteroatoms. The summed E-state index contributed by atoms with van der Waals surface area (Å²) in [5, 5.41) is 12.4. The van der Waals surface area contributed by atoms with Gasteiger partial charge in [-0.15, -0.1) is 0 Å². The lowest BCUT2D eigenvalue weighted by atomic mass is 10.1. The van der Waals surface area contributed by atoms with Gasteiger partial charge < -0.3 is 15.6 Å². The van der Waals surface area contributed by atoms with Crippen LogP contribution in [-0.2, 0) is 4.79 Å². The van der Waals surface area contributed by atoms with Gasteiger partial charge in [-0.3, -0.25) is 9.69 Å². The van der Waals surface area contributed by atoms with Crippen molar-refractivity contribution in [2.24, 2.45) is 5.73 Å². The van der Waals surface area contributed by atoms with Crippen LogP contribution in [0.15, 0.2) is 42.5 Å². The Morgan fingerprint density at radius 3 is 2.57 bits per heavy atom. The Hall–Kier alpha value is -2.11. The van der Waals surface area contributed by atoms with Crippen molar-refractivity contribution in [3.05, 3.63) is 42.5 Å². The van der Waals surface area contributed by atoms with Crippen LogP contribution < -0.4 is 10.5 Å². The monoisotopic (exact) mass is 316 g/mol. The van der Waals surface area contributed by atoms with E-state index in [9.17, 15) is 9.90 Å². The summed E-state index contributed by atoms with van der Waals surface area (Å²) in [5.41, 5.74) is 5.23. The number of carbonyl (C=O) groups is 1. The summed E-state index contributed by atoms with van der Waals surface area (Å²) in [6.45, 7) is 4.55. The van der Waals surface area contributed by atoms with Crippen LogP contribution in [0.1, 0.15) is 13.8 Å². The molecule has 0 saturated carbocycles. The number of aliphatic hydroxyl groups excluding tert-OH is 1. The molecule has 124 valence electrons. The minimum Gasteiger partial charge on any atom is -0.491 e. The molecule has 1 unspecified atom stereocenters. The maximum atomic E-state index is 11.1. The van der Waals surface area contributed by atoms with Gasteiger partial charge in [-0.05, 0) is 36.8 Å². The highest BCUT2D eigenvalue weighted by Gasteiger charge is 2.17. The van der Waals surface area contributed by atoms with Crippen LogP contribution in [0.5, 0.6) is 5.75 Å². The van der Waals surface area contributed by atoms with Gasteiger partial charge in [0.2, 0.25) is 5.91 Å². The Balaban J connectivity index is 1.91. The fourth-order valence-corrected chi connectivity index (χ4v) is 2.43. The zero-order chi connectivity index (χ0) is 16.8. The third-order valence-corrected chi connectivity index (χ3v) is 3.70. The van der Waals surface area contributed by atoms with Gasteiger partial charge >= 0.3 is 0 Å². The fraction of sp³-hybridized carbons (Fsp3) is 0.389. The molecule has 2 aromatic rings. The van der Waals surface area contributed by atoms with Crippen molar-refractivity contribution >= 4 is 16.7 Å². The number of hydrogen-bond acceptors (Lipinski definition) is 4. The van der Waals surface area contributed by atoms with Gasteiger partial charge in [0.05, 0.1) is 6.54 Å². The molecule has 0 aliphatic rings. The molecule has 3 N–H and O–H groups in total. The number of amides is 1. The molecule has 0 aliphatic carbocycles. The zero-order valence-electron chi connectivity index (χ0n) is 13.6. The molecule has 5 nitrogen and oxygen atoms in total. The minimum atomic E-state index is -0.691. The summed E-state index contributed by atoms with van der Waals surface area (Å²) >= 11 is 0. The van der Waals surface area contributed by atoms with E-state index in [4.69, 9.17) is 10.5 Å². The Morgan fingerprint density at radius 1 is 1.22 bits per heavy atom. The van der Waals surface area contributed by atoms with Crippen molar-refractivity contribution in [1.29, 1.82) is 0 Å². The van der Waals surface area contributed by atoms with Crippen molar-refractivity contribution in [3.8, 4) is 5.75 Å². The summed E-state index contributed by atoms with van der Waals surface area (Å²) < 4.78 is 5.67. The number of nitrogens with zero attached hydrogens (tertiary/aromatic N) is 1. The van der Waals surface area contributed by atoms with Gasteiger partial charge in [0, 0.05) is 12.6 Å². The van der Waals surface area contributed by atoms with Gasteiger partial charge in [-0.2, -0.15) is 0 Å². The van der Waals surface area contributed by atoms with Crippen molar-refractivity contribution in [2.75, 3.05) is 19.7 Å². The first-order valence-corrected chi connectivity index (χ1v) is 7.77. The topological polar surface area (TPSA) is 75.8 Å². The average Bonchev–Trinajstić information content (AvgIpc) is 2.51. The van der Waals surface area contributed by atoms with Gasteiger partial charge in [-0.25, -0.2) is 0 Å². The number of ether oxygens (including phenoxy) is 1. The molecule has 1 atom stereocenters. The molecule has 0 saturated heterocycles. The lowest BCUT2D eigenvalue weighted by molar-refractivity contribution is -0.120.